The van der Waals surface area contributed by atoms with E-state index in [1.807, 2.05) is 0 Å². The molecule has 0 saturated heterocycles. The number of carbonyl (C=O) groups excluding carboxylic acids is 2. The molecule has 0 aliphatic carbocycles. The first-order valence-electron chi connectivity index (χ1n) is 5.08. The molecule has 0 aliphatic rings. The van der Waals surface area contributed by atoms with E-state index < -0.39 is 5.97 Å². The van der Waals surface area contributed by atoms with Crippen LogP contribution in [0.3, 0.4) is 0 Å². The van der Waals surface area contributed by atoms with E-state index in [1.54, 1.807) is 25.1 Å². The van der Waals surface area contributed by atoms with Crippen molar-refractivity contribution in [1.29, 1.82) is 0 Å². The summed E-state index contributed by atoms with van der Waals surface area (Å²) in [6, 6.07) is 6.64. The zero-order chi connectivity index (χ0) is 13.1. The van der Waals surface area contributed by atoms with Crippen molar-refractivity contribution in [1.82, 2.24) is 0 Å². The van der Waals surface area contributed by atoms with E-state index in [1.165, 1.54) is 17.4 Å². The first-order chi connectivity index (χ1) is 8.56. The van der Waals surface area contributed by atoms with Gasteiger partial charge in [-0.1, -0.05) is 0 Å². The number of Topliss-reactive ketones (excluding diaryl/α,β-unsaturated/α-hetero) is 1. The molecule has 0 bridgehead atoms. The van der Waals surface area contributed by atoms with Crippen LogP contribution in [0.15, 0.2) is 32.5 Å². The zero-order valence-corrected chi connectivity index (χ0v) is 11.8. The number of carbonyl (C=O) groups is 2. The van der Waals surface area contributed by atoms with Gasteiger partial charge in [-0.05, 0) is 47.1 Å². The van der Waals surface area contributed by atoms with Gasteiger partial charge in [0.05, 0.1) is 8.66 Å². The summed E-state index contributed by atoms with van der Waals surface area (Å²) in [5, 5.41) is 0. The van der Waals surface area contributed by atoms with Crippen molar-refractivity contribution < 1.29 is 18.7 Å². The Labute approximate surface area is 116 Å². The Hall–Kier alpha value is -1.40. The van der Waals surface area contributed by atoms with Crippen LogP contribution in [0.4, 0.5) is 0 Å². The smallest absolute Gasteiger partial charge is 0.374 e. The van der Waals surface area contributed by atoms with Crippen molar-refractivity contribution >= 4 is 39.0 Å². The van der Waals surface area contributed by atoms with E-state index in [9.17, 15) is 9.59 Å². The number of thiophene rings is 1. The largest absolute Gasteiger partial charge is 0.454 e. The van der Waals surface area contributed by atoms with E-state index in [2.05, 4.69) is 15.9 Å². The van der Waals surface area contributed by atoms with Gasteiger partial charge in [0.2, 0.25) is 11.5 Å². The highest BCUT2D eigenvalue weighted by atomic mass is 79.9. The van der Waals surface area contributed by atoms with Gasteiger partial charge in [0.1, 0.15) is 5.76 Å². The first kappa shape index (κ1) is 13.0. The summed E-state index contributed by atoms with van der Waals surface area (Å²) in [5.41, 5.74) is 0. The van der Waals surface area contributed by atoms with Gasteiger partial charge in [-0.3, -0.25) is 4.79 Å². The number of hydrogen-bond donors (Lipinski definition) is 0. The molecule has 0 unspecified atom stereocenters. The van der Waals surface area contributed by atoms with E-state index in [0.717, 1.165) is 3.79 Å². The molecule has 2 heterocycles. The number of ether oxygens (including phenoxy) is 1. The molecule has 2 aromatic rings. The van der Waals surface area contributed by atoms with E-state index in [-0.39, 0.29) is 18.2 Å². The Morgan fingerprint density at radius 1 is 1.33 bits per heavy atom. The van der Waals surface area contributed by atoms with Crippen LogP contribution in [0.25, 0.3) is 0 Å². The van der Waals surface area contributed by atoms with Gasteiger partial charge >= 0.3 is 5.97 Å². The summed E-state index contributed by atoms with van der Waals surface area (Å²) < 4.78 is 10.8. The summed E-state index contributed by atoms with van der Waals surface area (Å²) in [6.07, 6.45) is 0. The molecule has 94 valence electrons. The monoisotopic (exact) mass is 328 g/mol. The average Bonchev–Trinajstić information content (AvgIpc) is 2.94. The molecule has 2 rings (SSSR count). The molecule has 2 aromatic heterocycles. The van der Waals surface area contributed by atoms with Gasteiger partial charge in [0.15, 0.2) is 6.61 Å². The van der Waals surface area contributed by atoms with Gasteiger partial charge in [0, 0.05) is 0 Å². The topological polar surface area (TPSA) is 56.5 Å². The zero-order valence-electron chi connectivity index (χ0n) is 9.44. The van der Waals surface area contributed by atoms with Crippen LogP contribution in [0, 0.1) is 6.92 Å². The van der Waals surface area contributed by atoms with Crippen LogP contribution in [0.2, 0.25) is 0 Å². The second-order valence-electron chi connectivity index (χ2n) is 3.51. The molecule has 0 amide bonds. The molecule has 4 nitrogen and oxygen atoms in total. The number of furan rings is 1. The summed E-state index contributed by atoms with van der Waals surface area (Å²) in [4.78, 5) is 23.8. The third kappa shape index (κ3) is 3.08. The van der Waals surface area contributed by atoms with E-state index in [4.69, 9.17) is 9.15 Å². The number of rotatable bonds is 4. The standard InChI is InChI=1S/C12H9BrO4S/c1-7-2-3-9(17-7)12(15)16-6-8(14)10-4-5-11(13)18-10/h2-5H,6H2,1H3. The fourth-order valence-corrected chi connectivity index (χ4v) is 2.59. The number of halogens is 1. The van der Waals surface area contributed by atoms with Crippen molar-refractivity contribution in [3.8, 4) is 0 Å². The molecule has 0 fully saturated rings. The van der Waals surface area contributed by atoms with Crippen LogP contribution in [-0.2, 0) is 4.74 Å². The molecule has 0 atom stereocenters. The summed E-state index contributed by atoms with van der Waals surface area (Å²) >= 11 is 4.56. The highest BCUT2D eigenvalue weighted by Gasteiger charge is 2.15. The summed E-state index contributed by atoms with van der Waals surface area (Å²) in [5.74, 6) is -0.141. The van der Waals surface area contributed by atoms with Crippen LogP contribution in [0.1, 0.15) is 26.0 Å². The molecule has 18 heavy (non-hydrogen) atoms. The molecule has 0 spiro atoms. The van der Waals surface area contributed by atoms with Crippen LogP contribution in [-0.4, -0.2) is 18.4 Å². The Bertz CT molecular complexity index is 532. The fourth-order valence-electron chi connectivity index (χ4n) is 1.28. The van der Waals surface area contributed by atoms with Crippen LogP contribution < -0.4 is 0 Å². The maximum atomic E-state index is 11.7. The molecular formula is C12H9BrO4S. The minimum absolute atomic E-state index is 0.104. The maximum Gasteiger partial charge on any atom is 0.374 e. The molecule has 0 saturated carbocycles. The average molecular weight is 329 g/mol. The summed E-state index contributed by atoms with van der Waals surface area (Å²) in [6.45, 7) is 1.44. The van der Waals surface area contributed by atoms with Crippen LogP contribution in [0.5, 0.6) is 0 Å². The Morgan fingerprint density at radius 3 is 2.67 bits per heavy atom. The minimum Gasteiger partial charge on any atom is -0.454 e. The second kappa shape index (κ2) is 5.49. The Morgan fingerprint density at radius 2 is 2.11 bits per heavy atom. The van der Waals surface area contributed by atoms with E-state index >= 15 is 0 Å². The predicted octanol–water partition coefficient (Wildman–Crippen LogP) is 3.45. The van der Waals surface area contributed by atoms with Crippen molar-refractivity contribution in [3.63, 3.8) is 0 Å². The molecular weight excluding hydrogens is 320 g/mol. The molecule has 0 aromatic carbocycles. The molecule has 0 radical (unpaired) electrons. The fraction of sp³-hybridized carbons (Fsp3) is 0.167. The quantitative estimate of drug-likeness (QED) is 0.637. The Kier molecular flexibility index (Phi) is 3.98. The highest BCUT2D eigenvalue weighted by molar-refractivity contribution is 9.11. The number of esters is 1. The number of aryl methyl sites for hydroxylation is 1. The van der Waals surface area contributed by atoms with Crippen molar-refractivity contribution in [2.24, 2.45) is 0 Å². The first-order valence-corrected chi connectivity index (χ1v) is 6.69. The van der Waals surface area contributed by atoms with Gasteiger partial charge in [-0.15, -0.1) is 11.3 Å². The Balaban J connectivity index is 1.92. The minimum atomic E-state index is -0.632. The highest BCUT2D eigenvalue weighted by Crippen LogP contribution is 2.22. The maximum absolute atomic E-state index is 11.7. The third-order valence-corrected chi connectivity index (χ3v) is 3.79. The van der Waals surface area contributed by atoms with Crippen LogP contribution >= 0.6 is 27.3 Å². The normalized spacial score (nSPS) is 10.3. The van der Waals surface area contributed by atoms with Crippen molar-refractivity contribution in [3.05, 3.63) is 44.4 Å². The summed E-state index contributed by atoms with van der Waals surface area (Å²) in [7, 11) is 0. The molecule has 0 N–H and O–H groups in total. The molecule has 0 aliphatic heterocycles. The lowest BCUT2D eigenvalue weighted by atomic mass is 10.3. The predicted molar refractivity (Wildman–Crippen MR) is 70.1 cm³/mol. The second-order valence-corrected chi connectivity index (χ2v) is 5.98. The molecule has 6 heteroatoms. The number of ketones is 1. The van der Waals surface area contributed by atoms with Gasteiger partial charge in [-0.2, -0.15) is 0 Å². The van der Waals surface area contributed by atoms with Gasteiger partial charge < -0.3 is 9.15 Å². The third-order valence-electron chi connectivity index (χ3n) is 2.12. The van der Waals surface area contributed by atoms with Crippen molar-refractivity contribution in [2.75, 3.05) is 6.61 Å². The lowest BCUT2D eigenvalue weighted by Gasteiger charge is -2.00. The van der Waals surface area contributed by atoms with Gasteiger partial charge in [0.25, 0.3) is 0 Å². The number of hydrogen-bond acceptors (Lipinski definition) is 5. The SMILES string of the molecule is Cc1ccc(C(=O)OCC(=O)c2ccc(Br)s2)o1. The van der Waals surface area contributed by atoms with Crippen molar-refractivity contribution in [2.45, 2.75) is 6.92 Å². The lowest BCUT2D eigenvalue weighted by molar-refractivity contribution is 0.0444. The van der Waals surface area contributed by atoms with Gasteiger partial charge in [-0.25, -0.2) is 4.79 Å². The lowest BCUT2D eigenvalue weighted by Crippen LogP contribution is -2.12. The van der Waals surface area contributed by atoms with E-state index in [0.29, 0.717) is 10.6 Å².